The van der Waals surface area contributed by atoms with E-state index in [1.54, 1.807) is 24.3 Å². The van der Waals surface area contributed by atoms with Gasteiger partial charge in [0.15, 0.2) is 0 Å². The fourth-order valence-corrected chi connectivity index (χ4v) is 2.31. The normalized spacial score (nSPS) is 13.2. The van der Waals surface area contributed by atoms with E-state index in [1.165, 1.54) is 0 Å². The summed E-state index contributed by atoms with van der Waals surface area (Å²) in [5, 5.41) is 5.32. The topological polar surface area (TPSA) is 87.7 Å². The van der Waals surface area contributed by atoms with Gasteiger partial charge < -0.3 is 15.4 Å². The van der Waals surface area contributed by atoms with Gasteiger partial charge in [0.1, 0.15) is 0 Å². The molecule has 1 aliphatic rings. The Bertz CT molecular complexity index is 553. The zero-order valence-corrected chi connectivity index (χ0v) is 13.1. The third-order valence-electron chi connectivity index (χ3n) is 3.45. The zero-order valence-electron chi connectivity index (χ0n) is 13.1. The van der Waals surface area contributed by atoms with Crippen LogP contribution in [-0.4, -0.2) is 55.6 Å². The molecule has 1 aliphatic heterocycles. The van der Waals surface area contributed by atoms with E-state index < -0.39 is 0 Å². The number of hydrogen-bond acceptors (Lipinski definition) is 4. The van der Waals surface area contributed by atoms with Gasteiger partial charge in [-0.15, -0.1) is 0 Å². The fraction of sp³-hybridized carbons (Fsp3) is 0.438. The molecule has 2 N–H and O–H groups in total. The second kappa shape index (κ2) is 8.28. The first kappa shape index (κ1) is 17.0. The van der Waals surface area contributed by atoms with Gasteiger partial charge in [-0.3, -0.25) is 14.5 Å². The van der Waals surface area contributed by atoms with E-state index in [-0.39, 0.29) is 30.9 Å². The molecule has 124 valence electrons. The molecule has 0 radical (unpaired) electrons. The third kappa shape index (κ3) is 4.29. The van der Waals surface area contributed by atoms with Crippen molar-refractivity contribution in [3.8, 4) is 0 Å². The van der Waals surface area contributed by atoms with Crippen molar-refractivity contribution < 1.29 is 19.1 Å². The van der Waals surface area contributed by atoms with Crippen molar-refractivity contribution >= 4 is 17.8 Å². The SMILES string of the molecule is CCOCCCNC(=O)NCCN1C(=O)c2ccccc2C1=O. The Kier molecular flexibility index (Phi) is 6.10. The van der Waals surface area contributed by atoms with Crippen molar-refractivity contribution in [2.75, 3.05) is 32.8 Å². The fourth-order valence-electron chi connectivity index (χ4n) is 2.31. The minimum atomic E-state index is -0.321. The number of nitrogens with one attached hydrogen (secondary N) is 2. The Hall–Kier alpha value is -2.41. The minimum absolute atomic E-state index is 0.152. The molecule has 1 aromatic rings. The quantitative estimate of drug-likeness (QED) is 0.553. The molecule has 0 unspecified atom stereocenters. The molecule has 0 saturated carbocycles. The number of nitrogens with zero attached hydrogens (tertiary/aromatic N) is 1. The molecule has 4 amide bonds. The molecule has 0 atom stereocenters. The molecule has 0 spiro atoms. The second-order valence-electron chi connectivity index (χ2n) is 5.04. The van der Waals surface area contributed by atoms with E-state index >= 15 is 0 Å². The number of benzene rings is 1. The highest BCUT2D eigenvalue weighted by Crippen LogP contribution is 2.21. The van der Waals surface area contributed by atoms with Crippen LogP contribution in [-0.2, 0) is 4.74 Å². The van der Waals surface area contributed by atoms with Gasteiger partial charge in [0.2, 0.25) is 0 Å². The number of amides is 4. The molecule has 1 heterocycles. The lowest BCUT2D eigenvalue weighted by Crippen LogP contribution is -2.42. The van der Waals surface area contributed by atoms with Crippen LogP contribution in [0.15, 0.2) is 24.3 Å². The summed E-state index contributed by atoms with van der Waals surface area (Å²) in [7, 11) is 0. The number of hydrogen-bond donors (Lipinski definition) is 2. The Morgan fingerprint density at radius 2 is 1.70 bits per heavy atom. The molecule has 23 heavy (non-hydrogen) atoms. The van der Waals surface area contributed by atoms with Gasteiger partial charge in [-0.05, 0) is 25.5 Å². The summed E-state index contributed by atoms with van der Waals surface area (Å²) >= 11 is 0. The number of urea groups is 1. The smallest absolute Gasteiger partial charge is 0.314 e. The summed E-state index contributed by atoms with van der Waals surface area (Å²) in [6.45, 7) is 4.05. The minimum Gasteiger partial charge on any atom is -0.382 e. The molecule has 0 fully saturated rings. The number of fused-ring (bicyclic) bond motifs is 1. The van der Waals surface area contributed by atoms with E-state index in [1.807, 2.05) is 6.92 Å². The molecular formula is C16H21N3O4. The average molecular weight is 319 g/mol. The second-order valence-corrected chi connectivity index (χ2v) is 5.04. The number of imide groups is 1. The van der Waals surface area contributed by atoms with Gasteiger partial charge >= 0.3 is 6.03 Å². The predicted octanol–water partition coefficient (Wildman–Crippen LogP) is 1.01. The van der Waals surface area contributed by atoms with Crippen LogP contribution in [0, 0.1) is 0 Å². The molecule has 7 heteroatoms. The van der Waals surface area contributed by atoms with Crippen LogP contribution in [0.2, 0.25) is 0 Å². The van der Waals surface area contributed by atoms with Crippen molar-refractivity contribution in [1.29, 1.82) is 0 Å². The van der Waals surface area contributed by atoms with E-state index in [4.69, 9.17) is 4.74 Å². The van der Waals surface area contributed by atoms with Crippen molar-refractivity contribution in [3.05, 3.63) is 35.4 Å². The molecule has 0 aliphatic carbocycles. The van der Waals surface area contributed by atoms with Gasteiger partial charge in [-0.1, -0.05) is 12.1 Å². The number of rotatable bonds is 8. The number of carbonyl (C=O) groups is 3. The van der Waals surface area contributed by atoms with Gasteiger partial charge in [0.05, 0.1) is 11.1 Å². The van der Waals surface area contributed by atoms with Crippen molar-refractivity contribution in [2.24, 2.45) is 0 Å². The summed E-state index contributed by atoms with van der Waals surface area (Å²) in [5.41, 5.74) is 0.829. The third-order valence-corrected chi connectivity index (χ3v) is 3.45. The molecule has 7 nitrogen and oxygen atoms in total. The lowest BCUT2D eigenvalue weighted by Gasteiger charge is -2.14. The Labute approximate surface area is 135 Å². The molecule has 0 saturated heterocycles. The first-order valence-corrected chi connectivity index (χ1v) is 7.69. The van der Waals surface area contributed by atoms with Crippen LogP contribution >= 0.6 is 0 Å². The lowest BCUT2D eigenvalue weighted by molar-refractivity contribution is 0.0655. The van der Waals surface area contributed by atoms with Crippen LogP contribution in [0.5, 0.6) is 0 Å². The van der Waals surface area contributed by atoms with Crippen LogP contribution in [0.25, 0.3) is 0 Å². The molecular weight excluding hydrogens is 298 g/mol. The van der Waals surface area contributed by atoms with E-state index in [2.05, 4.69) is 10.6 Å². The van der Waals surface area contributed by atoms with Gasteiger partial charge in [-0.25, -0.2) is 4.79 Å². The van der Waals surface area contributed by atoms with Crippen LogP contribution in [0.4, 0.5) is 4.79 Å². The Balaban J connectivity index is 1.70. The monoisotopic (exact) mass is 319 g/mol. The highest BCUT2D eigenvalue weighted by molar-refractivity contribution is 6.21. The Morgan fingerprint density at radius 1 is 1.09 bits per heavy atom. The lowest BCUT2D eigenvalue weighted by atomic mass is 10.1. The number of ether oxygens (including phenoxy) is 1. The Morgan fingerprint density at radius 3 is 2.30 bits per heavy atom. The van der Waals surface area contributed by atoms with Crippen molar-refractivity contribution in [3.63, 3.8) is 0 Å². The standard InChI is InChI=1S/C16H21N3O4/c1-2-23-11-5-8-17-16(22)18-9-10-19-14(20)12-6-3-4-7-13(12)15(19)21/h3-4,6-7H,2,5,8-11H2,1H3,(H2,17,18,22). The highest BCUT2D eigenvalue weighted by Gasteiger charge is 2.34. The summed E-state index contributed by atoms with van der Waals surface area (Å²) < 4.78 is 5.16. The van der Waals surface area contributed by atoms with Gasteiger partial charge in [0.25, 0.3) is 11.8 Å². The zero-order chi connectivity index (χ0) is 16.7. The van der Waals surface area contributed by atoms with E-state index in [9.17, 15) is 14.4 Å². The molecule has 1 aromatic carbocycles. The summed E-state index contributed by atoms with van der Waals surface area (Å²) in [5.74, 6) is -0.631. The molecule has 0 bridgehead atoms. The highest BCUT2D eigenvalue weighted by atomic mass is 16.5. The predicted molar refractivity (Wildman–Crippen MR) is 84.3 cm³/mol. The summed E-state index contributed by atoms with van der Waals surface area (Å²) in [6.07, 6.45) is 0.736. The molecule has 0 aromatic heterocycles. The van der Waals surface area contributed by atoms with Gasteiger partial charge in [0, 0.05) is 32.8 Å². The van der Waals surface area contributed by atoms with Crippen molar-refractivity contribution in [1.82, 2.24) is 15.5 Å². The summed E-state index contributed by atoms with van der Waals surface area (Å²) in [6, 6.07) is 6.39. The van der Waals surface area contributed by atoms with E-state index in [0.29, 0.717) is 30.9 Å². The maximum Gasteiger partial charge on any atom is 0.314 e. The average Bonchev–Trinajstić information content (AvgIpc) is 2.80. The number of carbonyl (C=O) groups excluding carboxylic acids is 3. The van der Waals surface area contributed by atoms with E-state index in [0.717, 1.165) is 11.3 Å². The molecule has 2 rings (SSSR count). The largest absolute Gasteiger partial charge is 0.382 e. The maximum absolute atomic E-state index is 12.1. The van der Waals surface area contributed by atoms with Gasteiger partial charge in [-0.2, -0.15) is 0 Å². The first-order valence-electron chi connectivity index (χ1n) is 7.69. The van der Waals surface area contributed by atoms with Crippen LogP contribution < -0.4 is 10.6 Å². The van der Waals surface area contributed by atoms with Crippen LogP contribution in [0.3, 0.4) is 0 Å². The van der Waals surface area contributed by atoms with Crippen LogP contribution in [0.1, 0.15) is 34.1 Å². The summed E-state index contributed by atoms with van der Waals surface area (Å²) in [4.78, 5) is 37.0. The maximum atomic E-state index is 12.1. The first-order chi connectivity index (χ1) is 11.1. The van der Waals surface area contributed by atoms with Crippen molar-refractivity contribution in [2.45, 2.75) is 13.3 Å².